The first-order valence-electron chi connectivity index (χ1n) is 10.9. The molecule has 1 rings (SSSR count). The highest BCUT2D eigenvalue weighted by Gasteiger charge is 2.01. The Labute approximate surface area is 171 Å². The third kappa shape index (κ3) is 14.0. The molecular formula is C25H37NO2. The van der Waals surface area contributed by atoms with Crippen molar-refractivity contribution in [2.45, 2.75) is 84.1 Å². The van der Waals surface area contributed by atoms with E-state index in [0.717, 1.165) is 44.1 Å². The Morgan fingerprint density at radius 1 is 0.857 bits per heavy atom. The highest BCUT2D eigenvalue weighted by Crippen LogP contribution is 2.08. The van der Waals surface area contributed by atoms with Crippen molar-refractivity contribution in [1.29, 1.82) is 0 Å². The molecule has 0 saturated heterocycles. The van der Waals surface area contributed by atoms with Crippen LogP contribution in [0.5, 0.6) is 0 Å². The van der Waals surface area contributed by atoms with Gasteiger partial charge in [0, 0.05) is 19.4 Å². The van der Waals surface area contributed by atoms with E-state index >= 15 is 0 Å². The van der Waals surface area contributed by atoms with Crippen LogP contribution in [0.1, 0.15) is 83.1 Å². The molecule has 0 aliphatic rings. The number of carbonyl (C=O) groups is 2. The highest BCUT2D eigenvalue weighted by molar-refractivity contribution is 5.89. The van der Waals surface area contributed by atoms with E-state index in [2.05, 4.69) is 18.3 Å². The Balaban J connectivity index is 1.93. The molecule has 0 spiro atoms. The van der Waals surface area contributed by atoms with E-state index in [1.165, 1.54) is 19.3 Å². The second-order valence-electron chi connectivity index (χ2n) is 7.28. The maximum absolute atomic E-state index is 11.8. The Hall–Kier alpha value is -2.16. The van der Waals surface area contributed by atoms with Crippen molar-refractivity contribution in [2.75, 3.05) is 0 Å². The zero-order valence-electron chi connectivity index (χ0n) is 17.5. The number of amides is 1. The first-order chi connectivity index (χ1) is 13.7. The number of carbonyl (C=O) groups excluding carboxylic acids is 2. The Kier molecular flexibility index (Phi) is 14.5. The van der Waals surface area contributed by atoms with Crippen LogP contribution in [0.2, 0.25) is 0 Å². The van der Waals surface area contributed by atoms with Crippen LogP contribution in [-0.2, 0) is 16.1 Å². The maximum atomic E-state index is 11.8. The van der Waals surface area contributed by atoms with Gasteiger partial charge in [-0.25, -0.2) is 0 Å². The molecule has 0 saturated carbocycles. The summed E-state index contributed by atoms with van der Waals surface area (Å²) in [5, 5.41) is 2.96. The number of nitrogens with one attached hydrogen (secondary N) is 1. The number of ketones is 1. The van der Waals surface area contributed by atoms with Crippen LogP contribution in [-0.4, -0.2) is 11.7 Å². The van der Waals surface area contributed by atoms with E-state index < -0.39 is 0 Å². The van der Waals surface area contributed by atoms with Crippen LogP contribution in [0.15, 0.2) is 54.6 Å². The summed E-state index contributed by atoms with van der Waals surface area (Å²) in [6, 6.07) is 9.96. The molecule has 1 N–H and O–H groups in total. The lowest BCUT2D eigenvalue weighted by atomic mass is 10.1. The van der Waals surface area contributed by atoms with Gasteiger partial charge in [-0.05, 0) is 37.3 Å². The molecule has 3 nitrogen and oxygen atoms in total. The lowest BCUT2D eigenvalue weighted by Gasteiger charge is -2.05. The van der Waals surface area contributed by atoms with Crippen molar-refractivity contribution < 1.29 is 9.59 Å². The molecule has 1 amide bonds. The molecule has 0 radical (unpaired) electrons. The molecule has 1 aromatic carbocycles. The topological polar surface area (TPSA) is 46.2 Å². The second kappa shape index (κ2) is 17.0. The summed E-state index contributed by atoms with van der Waals surface area (Å²) in [6.07, 6.45) is 18.7. The first-order valence-corrected chi connectivity index (χ1v) is 10.9. The van der Waals surface area contributed by atoms with Crippen molar-refractivity contribution in [3.63, 3.8) is 0 Å². The molecule has 0 unspecified atom stereocenters. The quantitative estimate of drug-likeness (QED) is 0.207. The molecule has 0 fully saturated rings. The number of unbranched alkanes of at least 4 members (excludes halogenated alkanes) is 7. The molecule has 0 bridgehead atoms. The molecular weight excluding hydrogens is 346 g/mol. The van der Waals surface area contributed by atoms with Gasteiger partial charge in [-0.3, -0.25) is 9.59 Å². The van der Waals surface area contributed by atoms with Crippen molar-refractivity contribution in [3.05, 3.63) is 60.2 Å². The third-order valence-corrected chi connectivity index (χ3v) is 4.66. The minimum atomic E-state index is 0.118. The van der Waals surface area contributed by atoms with Gasteiger partial charge in [0.1, 0.15) is 0 Å². The van der Waals surface area contributed by atoms with E-state index in [1.807, 2.05) is 42.5 Å². The molecule has 1 aromatic rings. The van der Waals surface area contributed by atoms with Gasteiger partial charge in [0.2, 0.25) is 5.91 Å². The van der Waals surface area contributed by atoms with Crippen LogP contribution >= 0.6 is 0 Å². The van der Waals surface area contributed by atoms with E-state index in [9.17, 15) is 9.59 Å². The fraction of sp³-hybridized carbons (Fsp3) is 0.520. The Morgan fingerprint density at radius 3 is 2.32 bits per heavy atom. The SMILES string of the molecule is CCCCC/C=C\C=C\C(=O)CCCCCCCC(=O)NCc1ccccc1. The smallest absolute Gasteiger partial charge is 0.220 e. The van der Waals surface area contributed by atoms with Gasteiger partial charge >= 0.3 is 0 Å². The number of hydrogen-bond acceptors (Lipinski definition) is 2. The molecule has 0 atom stereocenters. The van der Waals surface area contributed by atoms with Gasteiger partial charge in [0.15, 0.2) is 5.78 Å². The van der Waals surface area contributed by atoms with Crippen LogP contribution < -0.4 is 5.32 Å². The summed E-state index contributed by atoms with van der Waals surface area (Å²) in [5.41, 5.74) is 1.13. The zero-order chi connectivity index (χ0) is 20.3. The average molecular weight is 384 g/mol. The lowest BCUT2D eigenvalue weighted by Crippen LogP contribution is -2.22. The van der Waals surface area contributed by atoms with Crippen molar-refractivity contribution in [3.8, 4) is 0 Å². The normalized spacial score (nSPS) is 11.3. The fourth-order valence-corrected chi connectivity index (χ4v) is 2.93. The minimum Gasteiger partial charge on any atom is -0.352 e. The molecule has 154 valence electrons. The number of rotatable bonds is 16. The molecule has 0 aliphatic heterocycles. The lowest BCUT2D eigenvalue weighted by molar-refractivity contribution is -0.121. The van der Waals surface area contributed by atoms with E-state index in [1.54, 1.807) is 6.08 Å². The molecule has 0 aliphatic carbocycles. The largest absolute Gasteiger partial charge is 0.352 e. The van der Waals surface area contributed by atoms with Crippen LogP contribution in [0.25, 0.3) is 0 Å². The summed E-state index contributed by atoms with van der Waals surface area (Å²) in [5.74, 6) is 0.324. The van der Waals surface area contributed by atoms with Gasteiger partial charge in [0.05, 0.1) is 0 Å². The highest BCUT2D eigenvalue weighted by atomic mass is 16.1. The summed E-state index contributed by atoms with van der Waals surface area (Å²) in [4.78, 5) is 23.6. The molecule has 0 aromatic heterocycles. The van der Waals surface area contributed by atoms with Gasteiger partial charge in [-0.1, -0.05) is 87.6 Å². The molecule has 3 heteroatoms. The van der Waals surface area contributed by atoms with Crippen molar-refractivity contribution >= 4 is 11.7 Å². The van der Waals surface area contributed by atoms with Gasteiger partial charge in [-0.2, -0.15) is 0 Å². The maximum Gasteiger partial charge on any atom is 0.220 e. The van der Waals surface area contributed by atoms with E-state index in [4.69, 9.17) is 0 Å². The molecule has 0 heterocycles. The second-order valence-corrected chi connectivity index (χ2v) is 7.28. The zero-order valence-corrected chi connectivity index (χ0v) is 17.5. The Morgan fingerprint density at radius 2 is 1.57 bits per heavy atom. The monoisotopic (exact) mass is 383 g/mol. The first kappa shape index (κ1) is 23.9. The van der Waals surface area contributed by atoms with Crippen molar-refractivity contribution in [2.24, 2.45) is 0 Å². The van der Waals surface area contributed by atoms with Crippen molar-refractivity contribution in [1.82, 2.24) is 5.32 Å². The standard InChI is InChI=1S/C25H37NO2/c1-2-3-4-5-6-8-14-19-24(27)20-15-9-7-10-16-21-25(28)26-22-23-17-12-11-13-18-23/h6,8,11-14,17-19H,2-5,7,9-10,15-16,20-22H2,1H3,(H,26,28)/b8-6-,19-14+. The van der Waals surface area contributed by atoms with E-state index in [0.29, 0.717) is 19.4 Å². The van der Waals surface area contributed by atoms with Crippen LogP contribution in [0.4, 0.5) is 0 Å². The third-order valence-electron chi connectivity index (χ3n) is 4.66. The van der Waals surface area contributed by atoms with Crippen LogP contribution in [0.3, 0.4) is 0 Å². The summed E-state index contributed by atoms with van der Waals surface area (Å²) >= 11 is 0. The number of benzene rings is 1. The van der Waals surface area contributed by atoms with Gasteiger partial charge in [0.25, 0.3) is 0 Å². The summed E-state index contributed by atoms with van der Waals surface area (Å²) in [7, 11) is 0. The van der Waals surface area contributed by atoms with Crippen LogP contribution in [0, 0.1) is 0 Å². The number of allylic oxidation sites excluding steroid dienone is 4. The van der Waals surface area contributed by atoms with Gasteiger partial charge in [-0.15, -0.1) is 0 Å². The molecule has 28 heavy (non-hydrogen) atoms. The Bertz CT molecular complexity index is 590. The fourth-order valence-electron chi connectivity index (χ4n) is 2.93. The predicted molar refractivity (Wildman–Crippen MR) is 118 cm³/mol. The summed E-state index contributed by atoms with van der Waals surface area (Å²) in [6.45, 7) is 2.80. The predicted octanol–water partition coefficient (Wildman–Crippen LogP) is 6.30. The number of hydrogen-bond donors (Lipinski definition) is 1. The average Bonchev–Trinajstić information content (AvgIpc) is 2.71. The van der Waals surface area contributed by atoms with Gasteiger partial charge < -0.3 is 5.32 Å². The van der Waals surface area contributed by atoms with E-state index in [-0.39, 0.29) is 11.7 Å². The minimum absolute atomic E-state index is 0.118. The summed E-state index contributed by atoms with van der Waals surface area (Å²) < 4.78 is 0.